The average molecular weight is 260 g/mol. The Kier molecular flexibility index (Phi) is 3.29. The summed E-state index contributed by atoms with van der Waals surface area (Å²) in [7, 11) is 1.84. The van der Waals surface area contributed by atoms with Crippen LogP contribution in [0.25, 0.3) is 0 Å². The molecule has 102 valence electrons. The molecule has 4 nitrogen and oxygen atoms in total. The second-order valence-corrected chi connectivity index (χ2v) is 5.53. The molecule has 3 rings (SSSR count). The molecule has 0 saturated carbocycles. The molecule has 1 atom stereocenters. The van der Waals surface area contributed by atoms with Gasteiger partial charge >= 0.3 is 0 Å². The van der Waals surface area contributed by atoms with Crippen molar-refractivity contribution in [2.75, 3.05) is 38.2 Å². The summed E-state index contributed by atoms with van der Waals surface area (Å²) in [5.74, 6) is 0.721. The number of likely N-dealkylation sites (N-methyl/N-ethyl adjacent to an activating group) is 1. The Bertz CT molecular complexity index is 501. The van der Waals surface area contributed by atoms with Crippen LogP contribution in [0.2, 0.25) is 0 Å². The van der Waals surface area contributed by atoms with Gasteiger partial charge in [0.1, 0.15) is 0 Å². The third-order valence-electron chi connectivity index (χ3n) is 4.34. The van der Waals surface area contributed by atoms with Crippen molar-refractivity contribution in [3.63, 3.8) is 0 Å². The Hall–Kier alpha value is -1.39. The molecule has 4 heteroatoms. The van der Waals surface area contributed by atoms with E-state index in [2.05, 4.69) is 23.1 Å². The van der Waals surface area contributed by atoms with Gasteiger partial charge in [0.2, 0.25) is 5.91 Å². The average Bonchev–Trinajstić information content (AvgIpc) is 2.96. The zero-order valence-electron chi connectivity index (χ0n) is 11.3. The number of aliphatic hydroxyl groups is 1. The number of fused-ring (bicyclic) bond motifs is 1. The van der Waals surface area contributed by atoms with Crippen LogP contribution in [-0.4, -0.2) is 49.2 Å². The highest BCUT2D eigenvalue weighted by atomic mass is 16.3. The number of β-amino-alcohol motifs (C(OH)–C–C–N with tert-alkyl or cyclic N) is 1. The molecule has 1 N–H and O–H groups in total. The fraction of sp³-hybridized carbons (Fsp3) is 0.533. The molecule has 2 aliphatic rings. The fourth-order valence-corrected chi connectivity index (χ4v) is 3.19. The Labute approximate surface area is 113 Å². The highest BCUT2D eigenvalue weighted by molar-refractivity contribution is 6.00. The molecule has 1 fully saturated rings. The first kappa shape index (κ1) is 12.6. The van der Waals surface area contributed by atoms with Crippen molar-refractivity contribution >= 4 is 11.6 Å². The lowest BCUT2D eigenvalue weighted by Crippen LogP contribution is -2.23. The van der Waals surface area contributed by atoms with Gasteiger partial charge in [0, 0.05) is 25.8 Å². The maximum atomic E-state index is 11.7. The van der Waals surface area contributed by atoms with Gasteiger partial charge in [-0.25, -0.2) is 0 Å². The van der Waals surface area contributed by atoms with E-state index < -0.39 is 0 Å². The molecular weight excluding hydrogens is 240 g/mol. The minimum absolute atomic E-state index is 0.181. The summed E-state index contributed by atoms with van der Waals surface area (Å²) in [6.07, 6.45) is 1.68. The second-order valence-electron chi connectivity index (χ2n) is 5.53. The molecule has 1 unspecified atom stereocenters. The predicted molar refractivity (Wildman–Crippen MR) is 74.4 cm³/mol. The minimum Gasteiger partial charge on any atom is -0.395 e. The molecule has 0 bridgehead atoms. The van der Waals surface area contributed by atoms with E-state index in [1.54, 1.807) is 4.90 Å². The summed E-state index contributed by atoms with van der Waals surface area (Å²) < 4.78 is 0. The first-order valence-electron chi connectivity index (χ1n) is 6.91. The standard InChI is InChI=1S/C15H20N2O2/c1-16-14-3-2-11(8-13(14)9-15(16)19)12-4-5-17(10-12)6-7-18/h2-3,8,12,18H,4-7,9-10H2,1H3. The Morgan fingerprint density at radius 2 is 2.26 bits per heavy atom. The molecule has 0 radical (unpaired) electrons. The number of carbonyl (C=O) groups is 1. The van der Waals surface area contributed by atoms with Crippen LogP contribution in [0.5, 0.6) is 0 Å². The van der Waals surface area contributed by atoms with E-state index in [1.807, 2.05) is 7.05 Å². The van der Waals surface area contributed by atoms with Gasteiger partial charge in [-0.2, -0.15) is 0 Å². The first-order chi connectivity index (χ1) is 9.19. The van der Waals surface area contributed by atoms with E-state index >= 15 is 0 Å². The van der Waals surface area contributed by atoms with Gasteiger partial charge in [0.15, 0.2) is 0 Å². The molecule has 1 amide bonds. The molecule has 1 saturated heterocycles. The van der Waals surface area contributed by atoms with Crippen LogP contribution in [0.4, 0.5) is 5.69 Å². The van der Waals surface area contributed by atoms with Gasteiger partial charge in [-0.3, -0.25) is 4.79 Å². The number of nitrogens with zero attached hydrogens (tertiary/aromatic N) is 2. The molecular formula is C15H20N2O2. The third kappa shape index (κ3) is 2.26. The maximum Gasteiger partial charge on any atom is 0.231 e. The number of rotatable bonds is 3. The van der Waals surface area contributed by atoms with Crippen LogP contribution >= 0.6 is 0 Å². The summed E-state index contributed by atoms with van der Waals surface area (Å²) in [5, 5.41) is 8.98. The first-order valence-corrected chi connectivity index (χ1v) is 6.91. The van der Waals surface area contributed by atoms with Crippen molar-refractivity contribution in [1.29, 1.82) is 0 Å². The molecule has 0 aliphatic carbocycles. The molecule has 0 aromatic heterocycles. The van der Waals surface area contributed by atoms with Crippen LogP contribution in [0.1, 0.15) is 23.5 Å². The molecule has 1 aromatic rings. The topological polar surface area (TPSA) is 43.8 Å². The lowest BCUT2D eigenvalue weighted by Gasteiger charge is -2.16. The summed E-state index contributed by atoms with van der Waals surface area (Å²) in [6.45, 7) is 3.07. The van der Waals surface area contributed by atoms with Gasteiger partial charge in [-0.15, -0.1) is 0 Å². The zero-order valence-corrected chi connectivity index (χ0v) is 11.3. The van der Waals surface area contributed by atoms with Gasteiger partial charge in [-0.1, -0.05) is 12.1 Å². The van der Waals surface area contributed by atoms with E-state index in [1.165, 1.54) is 5.56 Å². The van der Waals surface area contributed by atoms with Crippen molar-refractivity contribution in [3.05, 3.63) is 29.3 Å². The lowest BCUT2D eigenvalue weighted by atomic mass is 9.96. The van der Waals surface area contributed by atoms with Crippen LogP contribution in [0.15, 0.2) is 18.2 Å². The quantitative estimate of drug-likeness (QED) is 0.881. The lowest BCUT2D eigenvalue weighted by molar-refractivity contribution is -0.117. The van der Waals surface area contributed by atoms with Gasteiger partial charge < -0.3 is 14.9 Å². The highest BCUT2D eigenvalue weighted by Crippen LogP contribution is 2.33. The molecule has 2 aliphatic heterocycles. The number of likely N-dealkylation sites (tertiary alicyclic amines) is 1. The third-order valence-corrected chi connectivity index (χ3v) is 4.34. The summed E-state index contributed by atoms with van der Waals surface area (Å²) in [5.41, 5.74) is 3.55. The SMILES string of the molecule is CN1C(=O)Cc2cc(C3CCN(CCO)C3)ccc21. The van der Waals surface area contributed by atoms with Gasteiger partial charge in [0.25, 0.3) is 0 Å². The van der Waals surface area contributed by atoms with E-state index in [0.717, 1.165) is 37.3 Å². The maximum absolute atomic E-state index is 11.7. The molecule has 2 heterocycles. The van der Waals surface area contributed by atoms with Gasteiger partial charge in [-0.05, 0) is 36.1 Å². The normalized spacial score (nSPS) is 23.2. The number of amides is 1. The number of aliphatic hydroxyl groups excluding tert-OH is 1. The van der Waals surface area contributed by atoms with E-state index in [9.17, 15) is 4.79 Å². The molecule has 0 spiro atoms. The number of benzene rings is 1. The summed E-state index contributed by atoms with van der Waals surface area (Å²) >= 11 is 0. The van der Waals surface area contributed by atoms with Crippen LogP contribution in [-0.2, 0) is 11.2 Å². The van der Waals surface area contributed by atoms with Crippen LogP contribution < -0.4 is 4.90 Å². The van der Waals surface area contributed by atoms with E-state index in [0.29, 0.717) is 12.3 Å². The smallest absolute Gasteiger partial charge is 0.231 e. The van der Waals surface area contributed by atoms with Crippen molar-refractivity contribution in [3.8, 4) is 0 Å². The Morgan fingerprint density at radius 3 is 3.05 bits per heavy atom. The van der Waals surface area contributed by atoms with Crippen molar-refractivity contribution in [2.24, 2.45) is 0 Å². The Balaban J connectivity index is 1.77. The fourth-order valence-electron chi connectivity index (χ4n) is 3.19. The van der Waals surface area contributed by atoms with Crippen molar-refractivity contribution in [1.82, 2.24) is 4.90 Å². The van der Waals surface area contributed by atoms with Crippen molar-refractivity contribution in [2.45, 2.75) is 18.8 Å². The largest absolute Gasteiger partial charge is 0.395 e. The van der Waals surface area contributed by atoms with Gasteiger partial charge in [0.05, 0.1) is 13.0 Å². The zero-order chi connectivity index (χ0) is 13.4. The van der Waals surface area contributed by atoms with Crippen LogP contribution in [0, 0.1) is 0 Å². The number of anilines is 1. The minimum atomic E-state index is 0.181. The second kappa shape index (κ2) is 4.94. The molecule has 19 heavy (non-hydrogen) atoms. The predicted octanol–water partition coefficient (Wildman–Crippen LogP) is 0.987. The Morgan fingerprint density at radius 1 is 1.42 bits per heavy atom. The monoisotopic (exact) mass is 260 g/mol. The van der Waals surface area contributed by atoms with Crippen LogP contribution in [0.3, 0.4) is 0 Å². The summed E-state index contributed by atoms with van der Waals surface area (Å²) in [6, 6.07) is 6.43. The number of carbonyl (C=O) groups excluding carboxylic acids is 1. The highest BCUT2D eigenvalue weighted by Gasteiger charge is 2.27. The number of hydrogen-bond donors (Lipinski definition) is 1. The van der Waals surface area contributed by atoms with E-state index in [-0.39, 0.29) is 12.5 Å². The molecule has 1 aromatic carbocycles. The van der Waals surface area contributed by atoms with Crippen molar-refractivity contribution < 1.29 is 9.90 Å². The summed E-state index contributed by atoms with van der Waals surface area (Å²) in [4.78, 5) is 15.7. The number of hydrogen-bond acceptors (Lipinski definition) is 3. The van der Waals surface area contributed by atoms with E-state index in [4.69, 9.17) is 5.11 Å².